The molecular formula is C38H62O11. The molecule has 4 rings (SSSR count). The summed E-state index contributed by atoms with van der Waals surface area (Å²) >= 11 is 0. The quantitative estimate of drug-likeness (QED) is 0.0752. The van der Waals surface area contributed by atoms with Gasteiger partial charge in [-0.1, -0.05) is 66.2 Å². The van der Waals surface area contributed by atoms with Gasteiger partial charge in [-0.15, -0.1) is 0 Å². The Morgan fingerprint density at radius 3 is 1.33 bits per heavy atom. The van der Waals surface area contributed by atoms with Crippen molar-refractivity contribution in [3.05, 3.63) is 0 Å². The lowest BCUT2D eigenvalue weighted by Gasteiger charge is -2.28. The van der Waals surface area contributed by atoms with E-state index in [1.54, 1.807) is 13.8 Å². The average molecular weight is 695 g/mol. The largest absolute Gasteiger partial charge is 0.465 e. The molecule has 2 aliphatic heterocycles. The molecule has 2 saturated carbocycles. The molecule has 11 nitrogen and oxygen atoms in total. The Morgan fingerprint density at radius 2 is 0.939 bits per heavy atom. The van der Waals surface area contributed by atoms with Crippen LogP contribution in [0.15, 0.2) is 0 Å². The minimum absolute atomic E-state index is 0.00436. The first-order valence-electron chi connectivity index (χ1n) is 19.2. The molecule has 2 saturated heterocycles. The number of epoxide rings is 2. The van der Waals surface area contributed by atoms with Crippen LogP contribution in [0.5, 0.6) is 0 Å². The maximum Gasteiger partial charge on any atom is 0.310 e. The van der Waals surface area contributed by atoms with Crippen molar-refractivity contribution in [2.75, 3.05) is 26.4 Å². The molecule has 4 aliphatic rings. The van der Waals surface area contributed by atoms with Gasteiger partial charge in [-0.25, -0.2) is 0 Å². The van der Waals surface area contributed by atoms with Gasteiger partial charge in [0.15, 0.2) is 0 Å². The fourth-order valence-electron chi connectivity index (χ4n) is 7.27. The van der Waals surface area contributed by atoms with Gasteiger partial charge in [0.25, 0.3) is 0 Å². The van der Waals surface area contributed by atoms with Gasteiger partial charge >= 0.3 is 23.9 Å². The number of carbonyl (C=O) groups excluding carboxylic acids is 4. The van der Waals surface area contributed by atoms with Crippen molar-refractivity contribution >= 4 is 23.9 Å². The van der Waals surface area contributed by atoms with Crippen LogP contribution in [0.3, 0.4) is 0 Å². The zero-order chi connectivity index (χ0) is 35.5. The van der Waals surface area contributed by atoms with Gasteiger partial charge in [-0.05, 0) is 64.2 Å². The van der Waals surface area contributed by atoms with Crippen molar-refractivity contribution in [2.24, 2.45) is 35.5 Å². The van der Waals surface area contributed by atoms with E-state index >= 15 is 0 Å². The topological polar surface area (TPSA) is 139 Å². The standard InChI is InChI=1S/C38H62O11/c1-7-11-13-25(9-3)21-45-36(40)28-16-32-31(48-32)15-27(28)35(39)44-19-23(5)43-20-24(6)47-38(42)30-18-34-33(49-34)17-29(30)37(41)46-22-26(10-4)14-12-8-2/h23-34H,7-22H2,1-6H3. The number of rotatable bonds is 22. The zero-order valence-corrected chi connectivity index (χ0v) is 30.7. The molecule has 4 fully saturated rings. The maximum absolute atomic E-state index is 13.3. The molecule has 11 heteroatoms. The van der Waals surface area contributed by atoms with Crippen LogP contribution < -0.4 is 0 Å². The fraction of sp³-hybridized carbons (Fsp3) is 0.895. The van der Waals surface area contributed by atoms with Gasteiger partial charge in [0.2, 0.25) is 0 Å². The number of unbranched alkanes of at least 4 members (excludes halogenated alkanes) is 2. The van der Waals surface area contributed by atoms with E-state index in [-0.39, 0.29) is 49.6 Å². The predicted octanol–water partition coefficient (Wildman–Crippen LogP) is 5.97. The third-order valence-electron chi connectivity index (χ3n) is 10.9. The lowest BCUT2D eigenvalue weighted by molar-refractivity contribution is -0.169. The molecule has 2 aliphatic carbocycles. The van der Waals surface area contributed by atoms with Crippen LogP contribution in [-0.4, -0.2) is 86.9 Å². The Hall–Kier alpha value is -2.24. The molecule has 0 spiro atoms. The molecular weight excluding hydrogens is 632 g/mol. The number of ether oxygens (including phenoxy) is 7. The van der Waals surface area contributed by atoms with E-state index in [2.05, 4.69) is 27.7 Å². The van der Waals surface area contributed by atoms with Crippen LogP contribution >= 0.6 is 0 Å². The smallest absolute Gasteiger partial charge is 0.310 e. The van der Waals surface area contributed by atoms with Gasteiger partial charge < -0.3 is 33.2 Å². The lowest BCUT2D eigenvalue weighted by atomic mass is 9.79. The van der Waals surface area contributed by atoms with Crippen LogP contribution in [0.1, 0.15) is 119 Å². The highest BCUT2D eigenvalue weighted by atomic mass is 16.6. The van der Waals surface area contributed by atoms with E-state index in [1.165, 1.54) is 0 Å². The normalized spacial score (nSPS) is 30.8. The predicted molar refractivity (Wildman–Crippen MR) is 180 cm³/mol. The summed E-state index contributed by atoms with van der Waals surface area (Å²) in [4.78, 5) is 52.6. The minimum Gasteiger partial charge on any atom is -0.465 e. The highest BCUT2D eigenvalue weighted by Crippen LogP contribution is 2.45. The van der Waals surface area contributed by atoms with E-state index in [1.807, 2.05) is 0 Å². The summed E-state index contributed by atoms with van der Waals surface area (Å²) in [5.41, 5.74) is 0. The molecule has 0 aromatic carbocycles. The summed E-state index contributed by atoms with van der Waals surface area (Å²) < 4.78 is 40.0. The maximum atomic E-state index is 13.3. The summed E-state index contributed by atoms with van der Waals surface area (Å²) in [6.07, 6.45) is 9.06. The highest BCUT2D eigenvalue weighted by molar-refractivity contribution is 5.83. The summed E-state index contributed by atoms with van der Waals surface area (Å²) in [5, 5.41) is 0. The molecule has 0 radical (unpaired) electrons. The highest BCUT2D eigenvalue weighted by Gasteiger charge is 2.55. The van der Waals surface area contributed by atoms with Gasteiger partial charge in [-0.2, -0.15) is 0 Å². The van der Waals surface area contributed by atoms with Crippen LogP contribution in [-0.2, 0) is 52.3 Å². The van der Waals surface area contributed by atoms with Crippen molar-refractivity contribution < 1.29 is 52.3 Å². The van der Waals surface area contributed by atoms with Crippen molar-refractivity contribution in [2.45, 2.75) is 155 Å². The fourth-order valence-corrected chi connectivity index (χ4v) is 7.27. The van der Waals surface area contributed by atoms with Crippen molar-refractivity contribution in [3.8, 4) is 0 Å². The van der Waals surface area contributed by atoms with E-state index in [0.717, 1.165) is 51.4 Å². The number of esters is 4. The van der Waals surface area contributed by atoms with E-state index in [0.29, 0.717) is 50.7 Å². The number of fused-ring (bicyclic) bond motifs is 2. The van der Waals surface area contributed by atoms with Crippen LogP contribution in [0.25, 0.3) is 0 Å². The van der Waals surface area contributed by atoms with Gasteiger partial charge in [-0.3, -0.25) is 19.2 Å². The molecule has 0 N–H and O–H groups in total. The molecule has 0 aromatic rings. The Balaban J connectivity index is 1.19. The molecule has 0 aromatic heterocycles. The van der Waals surface area contributed by atoms with Gasteiger partial charge in [0.05, 0.1) is 74.0 Å². The monoisotopic (exact) mass is 694 g/mol. The first kappa shape index (κ1) is 39.5. The Bertz CT molecular complexity index is 1080. The van der Waals surface area contributed by atoms with Crippen LogP contribution in [0.4, 0.5) is 0 Å². The van der Waals surface area contributed by atoms with E-state index in [9.17, 15) is 19.2 Å². The molecule has 0 bridgehead atoms. The summed E-state index contributed by atoms with van der Waals surface area (Å²) in [7, 11) is 0. The third-order valence-corrected chi connectivity index (χ3v) is 10.9. The van der Waals surface area contributed by atoms with Crippen LogP contribution in [0, 0.1) is 35.5 Å². The van der Waals surface area contributed by atoms with Crippen molar-refractivity contribution in [1.82, 2.24) is 0 Å². The summed E-state index contributed by atoms with van der Waals surface area (Å²) in [6.45, 7) is 12.8. The minimum atomic E-state index is -0.623. The van der Waals surface area contributed by atoms with Gasteiger partial charge in [0, 0.05) is 0 Å². The lowest BCUT2D eigenvalue weighted by Crippen LogP contribution is -2.40. The SMILES string of the molecule is CCCCC(CC)COC(=O)C1CC2OC2CC1C(=O)OCC(C)OCC(C)OC(=O)C1CC2OC2CC1C(=O)OCC(CC)CCCC. The molecule has 0 amide bonds. The number of carbonyl (C=O) groups is 4. The summed E-state index contributed by atoms with van der Waals surface area (Å²) in [6, 6.07) is 0. The molecule has 49 heavy (non-hydrogen) atoms. The summed E-state index contributed by atoms with van der Waals surface area (Å²) in [5.74, 6) is -3.36. The van der Waals surface area contributed by atoms with E-state index < -0.39 is 47.8 Å². The zero-order valence-electron chi connectivity index (χ0n) is 30.7. The molecule has 12 atom stereocenters. The van der Waals surface area contributed by atoms with Crippen LogP contribution in [0.2, 0.25) is 0 Å². The van der Waals surface area contributed by atoms with E-state index in [4.69, 9.17) is 33.2 Å². The second kappa shape index (κ2) is 19.4. The Labute approximate surface area is 293 Å². The Morgan fingerprint density at radius 1 is 0.551 bits per heavy atom. The second-order valence-corrected chi connectivity index (χ2v) is 14.9. The second-order valence-electron chi connectivity index (χ2n) is 14.9. The van der Waals surface area contributed by atoms with Crippen molar-refractivity contribution in [1.29, 1.82) is 0 Å². The Kier molecular flexibility index (Phi) is 15.6. The first-order valence-corrected chi connectivity index (χ1v) is 19.2. The molecule has 280 valence electrons. The van der Waals surface area contributed by atoms with Crippen molar-refractivity contribution in [3.63, 3.8) is 0 Å². The number of hydrogen-bond acceptors (Lipinski definition) is 11. The number of hydrogen-bond donors (Lipinski definition) is 0. The average Bonchev–Trinajstić information content (AvgIpc) is 4.03. The first-order chi connectivity index (χ1) is 23.6. The molecule has 2 heterocycles. The molecule has 12 unspecified atom stereocenters. The third kappa shape index (κ3) is 11.9. The van der Waals surface area contributed by atoms with Gasteiger partial charge in [0.1, 0.15) is 12.7 Å².